The van der Waals surface area contributed by atoms with Gasteiger partial charge in [0.2, 0.25) is 5.91 Å². The molecule has 1 heterocycles. The Morgan fingerprint density at radius 3 is 2.42 bits per heavy atom. The highest BCUT2D eigenvalue weighted by Crippen LogP contribution is 2.40. The van der Waals surface area contributed by atoms with Crippen LogP contribution in [-0.2, 0) is 4.79 Å². The number of aromatic nitrogens is 1. The third-order valence-electron chi connectivity index (χ3n) is 4.68. The second kappa shape index (κ2) is 7.31. The van der Waals surface area contributed by atoms with Gasteiger partial charge in [-0.25, -0.2) is 0 Å². The zero-order chi connectivity index (χ0) is 17.1. The van der Waals surface area contributed by atoms with Crippen molar-refractivity contribution in [1.29, 1.82) is 0 Å². The highest BCUT2D eigenvalue weighted by molar-refractivity contribution is 5.92. The summed E-state index contributed by atoms with van der Waals surface area (Å²) in [6.07, 6.45) is 4.08. The van der Waals surface area contributed by atoms with Crippen LogP contribution in [0.5, 0.6) is 0 Å². The van der Waals surface area contributed by atoms with Crippen molar-refractivity contribution in [3.8, 4) is 0 Å². The molecule has 3 rings (SSSR count). The molecule has 0 spiro atoms. The first-order valence-electron chi connectivity index (χ1n) is 8.52. The van der Waals surface area contributed by atoms with Crippen molar-refractivity contribution in [3.63, 3.8) is 0 Å². The summed E-state index contributed by atoms with van der Waals surface area (Å²) in [6, 6.07) is 1.80. The van der Waals surface area contributed by atoms with Crippen LogP contribution < -0.4 is 16.4 Å². The third-order valence-corrected chi connectivity index (χ3v) is 4.68. The Morgan fingerprint density at radius 2 is 1.83 bits per heavy atom. The van der Waals surface area contributed by atoms with Gasteiger partial charge in [-0.3, -0.25) is 9.59 Å². The molecule has 1 atom stereocenters. The van der Waals surface area contributed by atoms with Gasteiger partial charge in [0.05, 0.1) is 0 Å². The summed E-state index contributed by atoms with van der Waals surface area (Å²) in [5.41, 5.74) is 5.59. The van der Waals surface area contributed by atoms with Gasteiger partial charge in [-0.05, 0) is 38.5 Å². The molecule has 2 saturated carbocycles. The van der Waals surface area contributed by atoms with E-state index in [-0.39, 0.29) is 24.5 Å². The van der Waals surface area contributed by atoms with Crippen molar-refractivity contribution in [2.45, 2.75) is 62.6 Å². The molecule has 132 valence electrons. The number of aliphatic hydroxyl groups excluding tert-OH is 1. The minimum Gasteiger partial charge on any atom is -0.382 e. The highest BCUT2D eigenvalue weighted by Gasteiger charge is 2.30. The smallest absolute Gasteiger partial charge is 0.273 e. The second-order valence-electron chi connectivity index (χ2n) is 6.67. The number of carbonyl (C=O) groups excluding carboxylic acids is 2. The van der Waals surface area contributed by atoms with Gasteiger partial charge in [0.1, 0.15) is 11.9 Å². The molecule has 2 aliphatic rings. The lowest BCUT2D eigenvalue weighted by Gasteiger charge is -2.29. The van der Waals surface area contributed by atoms with Crippen LogP contribution in [0.1, 0.15) is 60.7 Å². The molecule has 2 aliphatic carbocycles. The number of nitrogens with zero attached hydrogens (tertiary/aromatic N) is 1. The Labute approximate surface area is 140 Å². The Morgan fingerprint density at radius 1 is 1.21 bits per heavy atom. The Bertz CT molecular complexity index is 591. The first-order valence-corrected chi connectivity index (χ1v) is 8.52. The lowest BCUT2D eigenvalue weighted by molar-refractivity contribution is -0.129. The van der Waals surface area contributed by atoms with Gasteiger partial charge in [-0.15, -0.1) is 0 Å². The first-order chi connectivity index (χ1) is 11.6. The van der Waals surface area contributed by atoms with Crippen LogP contribution >= 0.6 is 0 Å². The van der Waals surface area contributed by atoms with Gasteiger partial charge in [0.25, 0.3) is 5.91 Å². The van der Waals surface area contributed by atoms with E-state index in [2.05, 4.69) is 15.8 Å². The number of aliphatic hydroxyl groups is 1. The number of nitrogens with one attached hydrogen (secondary N) is 2. The Hall–Kier alpha value is -1.93. The van der Waals surface area contributed by atoms with Gasteiger partial charge < -0.3 is 26.0 Å². The summed E-state index contributed by atoms with van der Waals surface area (Å²) in [4.78, 5) is 23.8. The van der Waals surface area contributed by atoms with E-state index in [1.165, 1.54) is 0 Å². The molecule has 0 aromatic carbocycles. The van der Waals surface area contributed by atoms with E-state index in [4.69, 9.17) is 10.3 Å². The zero-order valence-electron chi connectivity index (χ0n) is 13.5. The molecule has 1 aromatic rings. The number of hydrogen-bond acceptors (Lipinski definition) is 6. The van der Waals surface area contributed by atoms with Crippen molar-refractivity contribution in [1.82, 2.24) is 15.8 Å². The van der Waals surface area contributed by atoms with Crippen LogP contribution in [0.15, 0.2) is 10.6 Å². The Balaban J connectivity index is 1.43. The summed E-state index contributed by atoms with van der Waals surface area (Å²) in [7, 11) is 0. The molecular weight excluding hydrogens is 312 g/mol. The fourth-order valence-electron chi connectivity index (χ4n) is 3.00. The average Bonchev–Trinajstić information content (AvgIpc) is 3.32. The fourth-order valence-corrected chi connectivity index (χ4v) is 3.00. The van der Waals surface area contributed by atoms with E-state index < -0.39 is 12.0 Å². The van der Waals surface area contributed by atoms with Crippen LogP contribution in [0.4, 0.5) is 0 Å². The van der Waals surface area contributed by atoms with Gasteiger partial charge >= 0.3 is 0 Å². The number of hydrogen-bond donors (Lipinski definition) is 4. The van der Waals surface area contributed by atoms with Crippen LogP contribution in [0.2, 0.25) is 0 Å². The SMILES string of the molecule is NCC(O)C(=O)N[C@H]1CC[C@H](NC(=O)c2cc(C3CC3)on2)CC1. The minimum atomic E-state index is -1.16. The summed E-state index contributed by atoms with van der Waals surface area (Å²) >= 11 is 0. The van der Waals surface area contributed by atoms with E-state index >= 15 is 0 Å². The molecule has 0 aliphatic heterocycles. The number of rotatable bonds is 6. The monoisotopic (exact) mass is 336 g/mol. The van der Waals surface area contributed by atoms with Crippen molar-refractivity contribution in [2.24, 2.45) is 5.73 Å². The molecule has 1 unspecified atom stereocenters. The Kier molecular flexibility index (Phi) is 5.15. The van der Waals surface area contributed by atoms with Crippen molar-refractivity contribution in [3.05, 3.63) is 17.5 Å². The molecule has 2 fully saturated rings. The standard InChI is InChI=1S/C16H24N4O4/c17-8-13(21)16(23)19-11-5-3-10(4-6-11)18-15(22)12-7-14(24-20-12)9-1-2-9/h7,9-11,13,21H,1-6,8,17H2,(H,18,22)(H,19,23)/t10-,11-,13?. The normalized spacial score (nSPS) is 25.1. The van der Waals surface area contributed by atoms with Gasteiger partial charge in [0, 0.05) is 30.6 Å². The van der Waals surface area contributed by atoms with Gasteiger partial charge in [0.15, 0.2) is 5.69 Å². The second-order valence-corrected chi connectivity index (χ2v) is 6.67. The van der Waals surface area contributed by atoms with Crippen LogP contribution in [0, 0.1) is 0 Å². The molecule has 2 amide bonds. The molecular formula is C16H24N4O4. The summed E-state index contributed by atoms with van der Waals surface area (Å²) in [6.45, 7) is -0.0855. The highest BCUT2D eigenvalue weighted by atomic mass is 16.5. The predicted octanol–water partition coefficient (Wildman–Crippen LogP) is 0.0288. The lowest BCUT2D eigenvalue weighted by atomic mass is 9.91. The third kappa shape index (κ3) is 4.12. The maximum absolute atomic E-state index is 12.2. The van der Waals surface area contributed by atoms with Crippen molar-refractivity contribution in [2.75, 3.05) is 6.54 Å². The largest absolute Gasteiger partial charge is 0.382 e. The quantitative estimate of drug-likeness (QED) is 0.580. The summed E-state index contributed by atoms with van der Waals surface area (Å²) in [5, 5.41) is 19.0. The molecule has 8 heteroatoms. The molecule has 1 aromatic heterocycles. The van der Waals surface area contributed by atoms with E-state index in [0.29, 0.717) is 11.6 Å². The maximum atomic E-state index is 12.2. The molecule has 0 saturated heterocycles. The molecule has 8 nitrogen and oxygen atoms in total. The van der Waals surface area contributed by atoms with E-state index in [0.717, 1.165) is 44.3 Å². The van der Waals surface area contributed by atoms with Crippen LogP contribution in [0.25, 0.3) is 0 Å². The van der Waals surface area contributed by atoms with Crippen molar-refractivity contribution < 1.29 is 19.2 Å². The van der Waals surface area contributed by atoms with E-state index in [1.54, 1.807) is 6.07 Å². The average molecular weight is 336 g/mol. The minimum absolute atomic E-state index is 0.0142. The number of amides is 2. The molecule has 0 radical (unpaired) electrons. The van der Waals surface area contributed by atoms with Gasteiger partial charge in [-0.2, -0.15) is 0 Å². The fraction of sp³-hybridized carbons (Fsp3) is 0.688. The zero-order valence-corrected chi connectivity index (χ0v) is 13.5. The first kappa shape index (κ1) is 16.9. The van der Waals surface area contributed by atoms with E-state index in [1.807, 2.05) is 0 Å². The van der Waals surface area contributed by atoms with Gasteiger partial charge in [-0.1, -0.05) is 5.16 Å². The summed E-state index contributed by atoms with van der Waals surface area (Å²) < 4.78 is 5.20. The van der Waals surface area contributed by atoms with Crippen LogP contribution in [0.3, 0.4) is 0 Å². The van der Waals surface area contributed by atoms with Crippen molar-refractivity contribution >= 4 is 11.8 Å². The van der Waals surface area contributed by atoms with E-state index in [9.17, 15) is 14.7 Å². The lowest BCUT2D eigenvalue weighted by Crippen LogP contribution is -2.47. The molecule has 0 bridgehead atoms. The number of nitrogens with two attached hydrogens (primary N) is 1. The summed E-state index contributed by atoms with van der Waals surface area (Å²) in [5.74, 6) is 0.587. The molecule has 24 heavy (non-hydrogen) atoms. The predicted molar refractivity (Wildman–Crippen MR) is 85.2 cm³/mol. The molecule has 5 N–H and O–H groups in total. The maximum Gasteiger partial charge on any atom is 0.273 e. The van der Waals surface area contributed by atoms with Crippen LogP contribution in [-0.4, -0.2) is 46.8 Å². The topological polar surface area (TPSA) is 130 Å². The number of carbonyl (C=O) groups is 2.